The Balaban J connectivity index is 1.84. The summed E-state index contributed by atoms with van der Waals surface area (Å²) in [6, 6.07) is 35.3. The Labute approximate surface area is 166 Å². The molecule has 0 aliphatic rings. The van der Waals surface area contributed by atoms with Crippen LogP contribution in [0.1, 0.15) is 11.1 Å². The largest absolute Gasteiger partial charge is 0.0616 e. The Morgan fingerprint density at radius 2 is 1.14 bits per heavy atom. The van der Waals surface area contributed by atoms with Crippen LogP contribution in [0.15, 0.2) is 97.1 Å². The molecule has 0 saturated heterocycles. The predicted octanol–water partition coefficient (Wildman–Crippen LogP) is 7.94. The normalized spacial score (nSPS) is 11.2. The standard InChI is InChI=1S/C28H22/c1-19-13-15-22(16-14-19)24-17-18-27(28-20(2)7-5-12-26(24)28)25-11-6-9-21-8-3-4-10-23(21)25/h3-18H,1-2H3. The number of hydrogen-bond donors (Lipinski definition) is 0. The molecule has 134 valence electrons. The van der Waals surface area contributed by atoms with Crippen LogP contribution in [0.25, 0.3) is 43.8 Å². The molecular weight excluding hydrogens is 336 g/mol. The van der Waals surface area contributed by atoms with Gasteiger partial charge in [0.1, 0.15) is 0 Å². The third kappa shape index (κ3) is 2.70. The smallest absolute Gasteiger partial charge is 0.00697 e. The van der Waals surface area contributed by atoms with Gasteiger partial charge in [-0.15, -0.1) is 0 Å². The summed E-state index contributed by atoms with van der Waals surface area (Å²) in [6.07, 6.45) is 0. The molecule has 0 aliphatic carbocycles. The highest BCUT2D eigenvalue weighted by Gasteiger charge is 2.13. The van der Waals surface area contributed by atoms with Crippen molar-refractivity contribution >= 4 is 21.5 Å². The van der Waals surface area contributed by atoms with Gasteiger partial charge >= 0.3 is 0 Å². The number of rotatable bonds is 2. The maximum absolute atomic E-state index is 2.30. The number of hydrogen-bond acceptors (Lipinski definition) is 0. The molecule has 0 unspecified atom stereocenters. The minimum absolute atomic E-state index is 1.27. The van der Waals surface area contributed by atoms with Crippen LogP contribution in [0.5, 0.6) is 0 Å². The number of aryl methyl sites for hydroxylation is 2. The van der Waals surface area contributed by atoms with E-state index in [1.165, 1.54) is 54.9 Å². The van der Waals surface area contributed by atoms with Gasteiger partial charge in [-0.25, -0.2) is 0 Å². The molecule has 0 bridgehead atoms. The van der Waals surface area contributed by atoms with Gasteiger partial charge in [0, 0.05) is 0 Å². The van der Waals surface area contributed by atoms with Gasteiger partial charge < -0.3 is 0 Å². The van der Waals surface area contributed by atoms with E-state index in [9.17, 15) is 0 Å². The lowest BCUT2D eigenvalue weighted by molar-refractivity contribution is 1.47. The van der Waals surface area contributed by atoms with E-state index < -0.39 is 0 Å². The van der Waals surface area contributed by atoms with Crippen LogP contribution in [0.2, 0.25) is 0 Å². The second-order valence-electron chi connectivity index (χ2n) is 7.55. The second kappa shape index (κ2) is 6.65. The molecule has 0 N–H and O–H groups in total. The Hall–Kier alpha value is -3.38. The summed E-state index contributed by atoms with van der Waals surface area (Å²) in [5.74, 6) is 0. The van der Waals surface area contributed by atoms with E-state index >= 15 is 0 Å². The first-order chi connectivity index (χ1) is 13.7. The molecule has 0 heteroatoms. The summed E-state index contributed by atoms with van der Waals surface area (Å²) in [4.78, 5) is 0. The van der Waals surface area contributed by atoms with E-state index in [0.717, 1.165) is 0 Å². The number of fused-ring (bicyclic) bond motifs is 2. The maximum atomic E-state index is 2.30. The summed E-state index contributed by atoms with van der Waals surface area (Å²) in [6.45, 7) is 4.35. The highest BCUT2D eigenvalue weighted by molar-refractivity contribution is 6.10. The fraction of sp³-hybridized carbons (Fsp3) is 0.0714. The SMILES string of the molecule is Cc1ccc(-c2ccc(-c3cccc4ccccc34)c3c(C)cccc23)cc1. The van der Waals surface area contributed by atoms with Crippen LogP contribution in [-0.4, -0.2) is 0 Å². The summed E-state index contributed by atoms with van der Waals surface area (Å²) < 4.78 is 0. The van der Waals surface area contributed by atoms with Gasteiger partial charge in [0.05, 0.1) is 0 Å². The predicted molar refractivity (Wildman–Crippen MR) is 122 cm³/mol. The van der Waals surface area contributed by atoms with Crippen molar-refractivity contribution in [2.45, 2.75) is 13.8 Å². The molecule has 0 atom stereocenters. The first kappa shape index (κ1) is 16.8. The summed E-state index contributed by atoms with van der Waals surface area (Å²) in [7, 11) is 0. The van der Waals surface area contributed by atoms with Crippen molar-refractivity contribution in [1.29, 1.82) is 0 Å². The van der Waals surface area contributed by atoms with Gasteiger partial charge in [-0.3, -0.25) is 0 Å². The lowest BCUT2D eigenvalue weighted by atomic mass is 9.88. The van der Waals surface area contributed by atoms with Gasteiger partial charge in [0.25, 0.3) is 0 Å². The molecule has 0 saturated carbocycles. The van der Waals surface area contributed by atoms with E-state index in [0.29, 0.717) is 0 Å². The van der Waals surface area contributed by atoms with Crippen molar-refractivity contribution in [1.82, 2.24) is 0 Å². The molecule has 0 radical (unpaired) electrons. The zero-order valence-electron chi connectivity index (χ0n) is 16.2. The molecule has 5 aromatic rings. The lowest BCUT2D eigenvalue weighted by Gasteiger charge is -2.16. The van der Waals surface area contributed by atoms with Crippen LogP contribution < -0.4 is 0 Å². The molecule has 0 fully saturated rings. The fourth-order valence-corrected chi connectivity index (χ4v) is 4.26. The van der Waals surface area contributed by atoms with Gasteiger partial charge in [-0.1, -0.05) is 103 Å². The molecule has 0 aliphatic heterocycles. The average molecular weight is 358 g/mol. The van der Waals surface area contributed by atoms with Crippen molar-refractivity contribution in [3.63, 3.8) is 0 Å². The third-order valence-electron chi connectivity index (χ3n) is 5.69. The van der Waals surface area contributed by atoms with Crippen molar-refractivity contribution < 1.29 is 0 Å². The molecular formula is C28H22. The van der Waals surface area contributed by atoms with Crippen molar-refractivity contribution in [2.24, 2.45) is 0 Å². The molecule has 0 heterocycles. The summed E-state index contributed by atoms with van der Waals surface area (Å²) >= 11 is 0. The highest BCUT2D eigenvalue weighted by Crippen LogP contribution is 2.39. The monoisotopic (exact) mass is 358 g/mol. The molecule has 28 heavy (non-hydrogen) atoms. The molecule has 0 amide bonds. The zero-order chi connectivity index (χ0) is 19.1. The zero-order valence-corrected chi connectivity index (χ0v) is 16.2. The molecule has 5 aromatic carbocycles. The van der Waals surface area contributed by atoms with Crippen LogP contribution in [0, 0.1) is 13.8 Å². The van der Waals surface area contributed by atoms with Gasteiger partial charge in [0.2, 0.25) is 0 Å². The van der Waals surface area contributed by atoms with Crippen molar-refractivity contribution in [3.8, 4) is 22.3 Å². The quantitative estimate of drug-likeness (QED) is 0.300. The fourth-order valence-electron chi connectivity index (χ4n) is 4.26. The van der Waals surface area contributed by atoms with E-state index in [-0.39, 0.29) is 0 Å². The topological polar surface area (TPSA) is 0 Å². The molecule has 0 spiro atoms. The summed E-state index contributed by atoms with van der Waals surface area (Å²) in [5.41, 5.74) is 7.77. The van der Waals surface area contributed by atoms with Gasteiger partial charge in [-0.05, 0) is 63.2 Å². The maximum Gasteiger partial charge on any atom is -0.00697 e. The minimum atomic E-state index is 1.27. The minimum Gasteiger partial charge on any atom is -0.0616 e. The highest BCUT2D eigenvalue weighted by atomic mass is 14.2. The van der Waals surface area contributed by atoms with E-state index in [4.69, 9.17) is 0 Å². The van der Waals surface area contributed by atoms with Crippen LogP contribution in [0.4, 0.5) is 0 Å². The first-order valence-electron chi connectivity index (χ1n) is 9.80. The van der Waals surface area contributed by atoms with Gasteiger partial charge in [-0.2, -0.15) is 0 Å². The number of benzene rings is 5. The summed E-state index contributed by atoms with van der Waals surface area (Å²) in [5, 5.41) is 5.24. The van der Waals surface area contributed by atoms with E-state index in [1.54, 1.807) is 0 Å². The lowest BCUT2D eigenvalue weighted by Crippen LogP contribution is -1.90. The third-order valence-corrected chi connectivity index (χ3v) is 5.69. The Morgan fingerprint density at radius 3 is 2.00 bits per heavy atom. The Kier molecular flexibility index (Phi) is 3.98. The first-order valence-corrected chi connectivity index (χ1v) is 9.80. The van der Waals surface area contributed by atoms with Crippen molar-refractivity contribution in [3.05, 3.63) is 108 Å². The average Bonchev–Trinajstić information content (AvgIpc) is 2.74. The van der Waals surface area contributed by atoms with Crippen LogP contribution in [-0.2, 0) is 0 Å². The molecule has 5 rings (SSSR count). The van der Waals surface area contributed by atoms with Gasteiger partial charge in [0.15, 0.2) is 0 Å². The molecule has 0 aromatic heterocycles. The van der Waals surface area contributed by atoms with E-state index in [1.807, 2.05) is 0 Å². The van der Waals surface area contributed by atoms with Crippen molar-refractivity contribution in [2.75, 3.05) is 0 Å². The van der Waals surface area contributed by atoms with E-state index in [2.05, 4.69) is 111 Å². The Morgan fingerprint density at radius 1 is 0.464 bits per heavy atom. The molecule has 0 nitrogen and oxygen atoms in total. The van der Waals surface area contributed by atoms with Crippen LogP contribution in [0.3, 0.4) is 0 Å². The Bertz CT molecular complexity index is 1300. The second-order valence-corrected chi connectivity index (χ2v) is 7.55. The van der Waals surface area contributed by atoms with Crippen LogP contribution >= 0.6 is 0 Å².